The van der Waals surface area contributed by atoms with E-state index < -0.39 is 5.41 Å². The molecule has 156 valence electrons. The first-order chi connectivity index (χ1) is 14.0. The van der Waals surface area contributed by atoms with Crippen molar-refractivity contribution in [3.05, 3.63) is 58.1 Å². The normalized spacial score (nSPS) is 15.6. The molecule has 1 aliphatic heterocycles. The zero-order valence-electron chi connectivity index (χ0n) is 17.2. The molecule has 2 aromatic rings. The van der Waals surface area contributed by atoms with E-state index in [0.29, 0.717) is 50.6 Å². The van der Waals surface area contributed by atoms with Gasteiger partial charge in [0.05, 0.1) is 19.6 Å². The Morgan fingerprint density at radius 3 is 2.31 bits per heavy atom. The number of carbonyl (C=O) groups is 1. The number of carbonyl (C=O) groups excluding carboxylic acids is 1. The zero-order chi connectivity index (χ0) is 20.9. The first-order valence-corrected chi connectivity index (χ1v) is 10.7. The SMILES string of the molecule is CCN(Cc1ccc(OC)c(OC)c1)C(=O)C1(c2ccc(Br)cc2)CCOCC1. The van der Waals surface area contributed by atoms with Crippen LogP contribution in [-0.4, -0.2) is 44.8 Å². The molecule has 3 rings (SSSR count). The minimum Gasteiger partial charge on any atom is -0.493 e. The Kier molecular flexibility index (Phi) is 7.19. The second kappa shape index (κ2) is 9.63. The van der Waals surface area contributed by atoms with Gasteiger partial charge in [-0.15, -0.1) is 0 Å². The van der Waals surface area contributed by atoms with E-state index in [9.17, 15) is 4.79 Å². The lowest BCUT2D eigenvalue weighted by molar-refractivity contribution is -0.141. The molecule has 0 aliphatic carbocycles. The Hall–Kier alpha value is -2.05. The molecule has 1 fully saturated rings. The van der Waals surface area contributed by atoms with Gasteiger partial charge >= 0.3 is 0 Å². The summed E-state index contributed by atoms with van der Waals surface area (Å²) >= 11 is 3.49. The highest BCUT2D eigenvalue weighted by Gasteiger charge is 2.43. The van der Waals surface area contributed by atoms with E-state index in [-0.39, 0.29) is 5.91 Å². The molecule has 0 bridgehead atoms. The van der Waals surface area contributed by atoms with Crippen molar-refractivity contribution in [3.8, 4) is 11.5 Å². The lowest BCUT2D eigenvalue weighted by atomic mass is 9.73. The summed E-state index contributed by atoms with van der Waals surface area (Å²) in [7, 11) is 3.24. The van der Waals surface area contributed by atoms with Crippen LogP contribution in [0.15, 0.2) is 46.9 Å². The minimum absolute atomic E-state index is 0.153. The van der Waals surface area contributed by atoms with Gasteiger partial charge in [0, 0.05) is 30.8 Å². The maximum absolute atomic E-state index is 13.8. The van der Waals surface area contributed by atoms with Crippen molar-refractivity contribution in [3.63, 3.8) is 0 Å². The van der Waals surface area contributed by atoms with Crippen LogP contribution in [0.25, 0.3) is 0 Å². The fourth-order valence-corrected chi connectivity index (χ4v) is 4.21. The smallest absolute Gasteiger partial charge is 0.233 e. The quantitative estimate of drug-likeness (QED) is 0.605. The van der Waals surface area contributed by atoms with Crippen LogP contribution in [0.1, 0.15) is 30.9 Å². The Morgan fingerprint density at radius 2 is 1.72 bits per heavy atom. The van der Waals surface area contributed by atoms with Gasteiger partial charge in [-0.1, -0.05) is 34.1 Å². The lowest BCUT2D eigenvalue weighted by Crippen LogP contribution is -2.49. The summed E-state index contributed by atoms with van der Waals surface area (Å²) in [6, 6.07) is 13.9. The number of benzene rings is 2. The highest BCUT2D eigenvalue weighted by Crippen LogP contribution is 2.38. The number of halogens is 1. The number of hydrogen-bond donors (Lipinski definition) is 0. The van der Waals surface area contributed by atoms with Gasteiger partial charge in [0.25, 0.3) is 0 Å². The summed E-state index contributed by atoms with van der Waals surface area (Å²) in [6.07, 6.45) is 1.38. The van der Waals surface area contributed by atoms with Crippen molar-refractivity contribution in [1.29, 1.82) is 0 Å². The second-order valence-corrected chi connectivity index (χ2v) is 8.13. The van der Waals surface area contributed by atoms with Crippen molar-refractivity contribution < 1.29 is 19.0 Å². The van der Waals surface area contributed by atoms with Gasteiger partial charge in [-0.05, 0) is 55.2 Å². The molecule has 29 heavy (non-hydrogen) atoms. The molecule has 0 saturated carbocycles. The van der Waals surface area contributed by atoms with Gasteiger partial charge in [0.1, 0.15) is 0 Å². The number of likely N-dealkylation sites (N-methyl/N-ethyl adjacent to an activating group) is 1. The van der Waals surface area contributed by atoms with E-state index in [1.54, 1.807) is 14.2 Å². The van der Waals surface area contributed by atoms with Crippen molar-refractivity contribution in [2.75, 3.05) is 34.0 Å². The summed E-state index contributed by atoms with van der Waals surface area (Å²) in [6.45, 7) is 4.36. The third-order valence-electron chi connectivity index (χ3n) is 5.64. The maximum Gasteiger partial charge on any atom is 0.233 e. The van der Waals surface area contributed by atoms with Crippen LogP contribution < -0.4 is 9.47 Å². The van der Waals surface area contributed by atoms with Gasteiger partial charge in [0.15, 0.2) is 11.5 Å². The first-order valence-electron chi connectivity index (χ1n) is 9.88. The van der Waals surface area contributed by atoms with Crippen LogP contribution in [0.2, 0.25) is 0 Å². The first kappa shape index (κ1) is 21.7. The third-order valence-corrected chi connectivity index (χ3v) is 6.17. The third kappa shape index (κ3) is 4.59. The average molecular weight is 462 g/mol. The standard InChI is InChI=1S/C23H28BrNO4/c1-4-25(16-17-5-10-20(27-2)21(15-17)28-3)22(26)23(11-13-29-14-12-23)18-6-8-19(24)9-7-18/h5-10,15H,4,11-14,16H2,1-3H3. The van der Waals surface area contributed by atoms with Crippen molar-refractivity contribution in [2.24, 2.45) is 0 Å². The second-order valence-electron chi connectivity index (χ2n) is 7.21. The summed E-state index contributed by atoms with van der Waals surface area (Å²) in [5, 5.41) is 0. The Bertz CT molecular complexity index is 831. The maximum atomic E-state index is 13.8. The number of rotatable bonds is 7. The fraction of sp³-hybridized carbons (Fsp3) is 0.435. The molecule has 0 radical (unpaired) electrons. The summed E-state index contributed by atoms with van der Waals surface area (Å²) in [5.41, 5.74) is 1.52. The van der Waals surface area contributed by atoms with E-state index in [4.69, 9.17) is 14.2 Å². The van der Waals surface area contributed by atoms with E-state index in [1.807, 2.05) is 42.2 Å². The lowest BCUT2D eigenvalue weighted by Gasteiger charge is -2.40. The molecular formula is C23H28BrNO4. The fourth-order valence-electron chi connectivity index (χ4n) is 3.94. The Morgan fingerprint density at radius 1 is 1.07 bits per heavy atom. The number of amides is 1. The van der Waals surface area contributed by atoms with Crippen molar-refractivity contribution in [1.82, 2.24) is 4.90 Å². The van der Waals surface area contributed by atoms with Gasteiger partial charge in [-0.25, -0.2) is 0 Å². The molecular weight excluding hydrogens is 434 g/mol. The topological polar surface area (TPSA) is 48.0 Å². The Labute approximate surface area is 181 Å². The molecule has 1 saturated heterocycles. The van der Waals surface area contributed by atoms with Gasteiger partial charge in [-0.3, -0.25) is 4.79 Å². The van der Waals surface area contributed by atoms with E-state index in [2.05, 4.69) is 28.1 Å². The highest BCUT2D eigenvalue weighted by atomic mass is 79.9. The summed E-state index contributed by atoms with van der Waals surface area (Å²) in [5.74, 6) is 1.50. The molecule has 1 amide bonds. The zero-order valence-corrected chi connectivity index (χ0v) is 18.8. The van der Waals surface area contributed by atoms with Crippen LogP contribution in [0.3, 0.4) is 0 Å². The monoisotopic (exact) mass is 461 g/mol. The van der Waals surface area contributed by atoms with Crippen LogP contribution >= 0.6 is 15.9 Å². The molecule has 0 aromatic heterocycles. The number of methoxy groups -OCH3 is 2. The number of ether oxygens (including phenoxy) is 3. The van der Waals surface area contributed by atoms with Gasteiger partial charge < -0.3 is 19.1 Å². The van der Waals surface area contributed by atoms with Crippen molar-refractivity contribution in [2.45, 2.75) is 31.7 Å². The number of hydrogen-bond acceptors (Lipinski definition) is 4. The average Bonchev–Trinajstić information content (AvgIpc) is 2.77. The Balaban J connectivity index is 1.90. The van der Waals surface area contributed by atoms with Crippen LogP contribution in [0.4, 0.5) is 0 Å². The van der Waals surface area contributed by atoms with Gasteiger partial charge in [-0.2, -0.15) is 0 Å². The molecule has 0 N–H and O–H groups in total. The van der Waals surface area contributed by atoms with Gasteiger partial charge in [0.2, 0.25) is 5.91 Å². The predicted octanol–water partition coefficient (Wildman–Crippen LogP) is 4.56. The van der Waals surface area contributed by atoms with E-state index in [1.165, 1.54) is 0 Å². The largest absolute Gasteiger partial charge is 0.493 e. The number of nitrogens with zero attached hydrogens (tertiary/aromatic N) is 1. The molecule has 0 spiro atoms. The predicted molar refractivity (Wildman–Crippen MR) is 117 cm³/mol. The summed E-state index contributed by atoms with van der Waals surface area (Å²) < 4.78 is 17.4. The van der Waals surface area contributed by atoms with Crippen molar-refractivity contribution >= 4 is 21.8 Å². The van der Waals surface area contributed by atoms with E-state index in [0.717, 1.165) is 15.6 Å². The van der Waals surface area contributed by atoms with Crippen LogP contribution in [0, 0.1) is 0 Å². The molecule has 2 aromatic carbocycles. The molecule has 5 nitrogen and oxygen atoms in total. The molecule has 0 unspecified atom stereocenters. The summed E-state index contributed by atoms with van der Waals surface area (Å²) in [4.78, 5) is 15.7. The van der Waals surface area contributed by atoms with Crippen LogP contribution in [-0.2, 0) is 21.5 Å². The molecule has 0 atom stereocenters. The molecule has 1 heterocycles. The van der Waals surface area contributed by atoms with Crippen LogP contribution in [0.5, 0.6) is 11.5 Å². The molecule has 6 heteroatoms. The highest BCUT2D eigenvalue weighted by molar-refractivity contribution is 9.10. The minimum atomic E-state index is -0.550. The molecule has 1 aliphatic rings. The van der Waals surface area contributed by atoms with E-state index >= 15 is 0 Å².